The van der Waals surface area contributed by atoms with E-state index in [-0.39, 0.29) is 0 Å². The SMILES string of the molecule is C=Cc1c(Br)c(Br)cc2c1[nH]c1ccccc12. The molecule has 1 nitrogen and oxygen atoms in total. The highest BCUT2D eigenvalue weighted by Crippen LogP contribution is 2.37. The van der Waals surface area contributed by atoms with E-state index in [0.29, 0.717) is 0 Å². The Morgan fingerprint density at radius 3 is 2.65 bits per heavy atom. The van der Waals surface area contributed by atoms with Gasteiger partial charge in [-0.15, -0.1) is 0 Å². The fourth-order valence-electron chi connectivity index (χ4n) is 2.15. The second-order valence-corrected chi connectivity index (χ2v) is 5.53. The van der Waals surface area contributed by atoms with E-state index in [4.69, 9.17) is 0 Å². The number of aromatic amines is 1. The second kappa shape index (κ2) is 4.00. The number of rotatable bonds is 1. The van der Waals surface area contributed by atoms with Gasteiger partial charge in [0, 0.05) is 30.8 Å². The summed E-state index contributed by atoms with van der Waals surface area (Å²) in [4.78, 5) is 3.44. The topological polar surface area (TPSA) is 15.8 Å². The summed E-state index contributed by atoms with van der Waals surface area (Å²) >= 11 is 7.15. The molecule has 2 aromatic carbocycles. The summed E-state index contributed by atoms with van der Waals surface area (Å²) in [6.07, 6.45) is 1.87. The van der Waals surface area contributed by atoms with Crippen LogP contribution in [0.1, 0.15) is 5.56 Å². The van der Waals surface area contributed by atoms with Crippen molar-refractivity contribution in [2.45, 2.75) is 0 Å². The summed E-state index contributed by atoms with van der Waals surface area (Å²) in [6.45, 7) is 3.88. The maximum atomic E-state index is 3.88. The van der Waals surface area contributed by atoms with Gasteiger partial charge in [0.25, 0.3) is 0 Å². The molecule has 0 aliphatic rings. The van der Waals surface area contributed by atoms with E-state index >= 15 is 0 Å². The molecule has 1 aromatic heterocycles. The number of hydrogen-bond acceptors (Lipinski definition) is 0. The Morgan fingerprint density at radius 2 is 1.88 bits per heavy atom. The molecule has 0 aliphatic carbocycles. The number of halogens is 2. The molecular weight excluding hydrogens is 342 g/mol. The fourth-order valence-corrected chi connectivity index (χ4v) is 3.06. The average molecular weight is 351 g/mol. The zero-order valence-electron chi connectivity index (χ0n) is 8.93. The van der Waals surface area contributed by atoms with Crippen molar-refractivity contribution in [2.75, 3.05) is 0 Å². The smallest absolute Gasteiger partial charge is 0.0550 e. The summed E-state index contributed by atoms with van der Waals surface area (Å²) in [5.41, 5.74) is 3.36. The van der Waals surface area contributed by atoms with Gasteiger partial charge < -0.3 is 4.98 Å². The van der Waals surface area contributed by atoms with Gasteiger partial charge in [0.15, 0.2) is 0 Å². The molecule has 1 N–H and O–H groups in total. The molecule has 0 fully saturated rings. The number of aromatic nitrogens is 1. The summed E-state index contributed by atoms with van der Waals surface area (Å²) < 4.78 is 2.08. The number of H-pyrrole nitrogens is 1. The molecule has 0 spiro atoms. The van der Waals surface area contributed by atoms with Crippen molar-refractivity contribution < 1.29 is 0 Å². The Morgan fingerprint density at radius 1 is 1.12 bits per heavy atom. The third-order valence-corrected chi connectivity index (χ3v) is 4.95. The number of benzene rings is 2. The maximum absolute atomic E-state index is 3.88. The van der Waals surface area contributed by atoms with Crippen LogP contribution in [-0.2, 0) is 0 Å². The lowest BCUT2D eigenvalue weighted by Crippen LogP contribution is -1.81. The summed E-state index contributed by atoms with van der Waals surface area (Å²) in [6, 6.07) is 10.4. The Bertz CT molecular complexity index is 741. The van der Waals surface area contributed by atoms with Gasteiger partial charge in [0.05, 0.1) is 5.52 Å². The molecule has 0 aliphatic heterocycles. The van der Waals surface area contributed by atoms with Crippen LogP contribution in [0.15, 0.2) is 45.9 Å². The molecule has 3 heteroatoms. The van der Waals surface area contributed by atoms with Crippen molar-refractivity contribution in [2.24, 2.45) is 0 Å². The Balaban J connectivity index is 2.61. The van der Waals surface area contributed by atoms with Crippen LogP contribution in [0, 0.1) is 0 Å². The van der Waals surface area contributed by atoms with Crippen LogP contribution in [0.25, 0.3) is 27.9 Å². The third kappa shape index (κ3) is 1.57. The van der Waals surface area contributed by atoms with E-state index in [1.807, 2.05) is 12.1 Å². The lowest BCUT2D eigenvalue weighted by atomic mass is 10.1. The van der Waals surface area contributed by atoms with Crippen molar-refractivity contribution in [1.82, 2.24) is 4.98 Å². The minimum atomic E-state index is 1.03. The van der Waals surface area contributed by atoms with Crippen molar-refractivity contribution in [3.63, 3.8) is 0 Å². The zero-order valence-corrected chi connectivity index (χ0v) is 12.1. The molecule has 1 heterocycles. The van der Waals surface area contributed by atoms with Gasteiger partial charge >= 0.3 is 0 Å². The third-order valence-electron chi connectivity index (χ3n) is 2.94. The monoisotopic (exact) mass is 349 g/mol. The molecule has 3 rings (SSSR count). The Kier molecular flexibility index (Phi) is 2.60. The summed E-state index contributed by atoms with van der Waals surface area (Å²) in [5, 5.41) is 2.45. The predicted molar refractivity (Wildman–Crippen MR) is 81.3 cm³/mol. The van der Waals surface area contributed by atoms with Gasteiger partial charge in [-0.2, -0.15) is 0 Å². The standard InChI is InChI=1S/C14H9Br2N/c1-2-8-13(16)11(15)7-10-9-5-3-4-6-12(9)17-14(8)10/h2-7,17H,1H2. The maximum Gasteiger partial charge on any atom is 0.0550 e. The number of hydrogen-bond donors (Lipinski definition) is 1. The second-order valence-electron chi connectivity index (χ2n) is 3.88. The van der Waals surface area contributed by atoms with Gasteiger partial charge in [0.2, 0.25) is 0 Å². The van der Waals surface area contributed by atoms with Crippen LogP contribution >= 0.6 is 31.9 Å². The van der Waals surface area contributed by atoms with E-state index in [9.17, 15) is 0 Å². The minimum absolute atomic E-state index is 1.03. The average Bonchev–Trinajstić information content (AvgIpc) is 2.69. The molecule has 0 unspecified atom stereocenters. The number of fused-ring (bicyclic) bond motifs is 3. The first-order chi connectivity index (χ1) is 8.22. The molecule has 0 saturated carbocycles. The van der Waals surface area contributed by atoms with E-state index < -0.39 is 0 Å². The first-order valence-electron chi connectivity index (χ1n) is 5.23. The number of nitrogens with one attached hydrogen (secondary N) is 1. The van der Waals surface area contributed by atoms with E-state index in [1.54, 1.807) is 0 Å². The zero-order chi connectivity index (χ0) is 12.0. The number of para-hydroxylation sites is 1. The summed E-state index contributed by atoms with van der Waals surface area (Å²) in [5.74, 6) is 0. The molecule has 0 radical (unpaired) electrons. The Hall–Kier alpha value is -1.06. The van der Waals surface area contributed by atoms with Crippen LogP contribution in [0.2, 0.25) is 0 Å². The normalized spacial score (nSPS) is 11.2. The van der Waals surface area contributed by atoms with E-state index in [0.717, 1.165) is 25.5 Å². The predicted octanol–water partition coefficient (Wildman–Crippen LogP) is 5.49. The molecule has 3 aromatic rings. The Labute approximate surface area is 116 Å². The van der Waals surface area contributed by atoms with Gasteiger partial charge in [-0.1, -0.05) is 30.9 Å². The minimum Gasteiger partial charge on any atom is -0.354 e. The van der Waals surface area contributed by atoms with Crippen LogP contribution in [0.5, 0.6) is 0 Å². The first kappa shape index (κ1) is 11.1. The molecule has 0 saturated heterocycles. The van der Waals surface area contributed by atoms with Crippen molar-refractivity contribution in [3.05, 3.63) is 51.4 Å². The van der Waals surface area contributed by atoms with E-state index in [1.165, 1.54) is 10.8 Å². The molecular formula is C14H9Br2N. The van der Waals surface area contributed by atoms with Crippen LogP contribution in [0.4, 0.5) is 0 Å². The first-order valence-corrected chi connectivity index (χ1v) is 6.82. The van der Waals surface area contributed by atoms with Crippen LogP contribution in [-0.4, -0.2) is 4.98 Å². The van der Waals surface area contributed by atoms with Crippen molar-refractivity contribution >= 4 is 59.7 Å². The van der Waals surface area contributed by atoms with Gasteiger partial charge in [-0.25, -0.2) is 0 Å². The van der Waals surface area contributed by atoms with Crippen LogP contribution in [0.3, 0.4) is 0 Å². The van der Waals surface area contributed by atoms with Crippen LogP contribution < -0.4 is 0 Å². The molecule has 0 atom stereocenters. The highest BCUT2D eigenvalue weighted by Gasteiger charge is 2.11. The van der Waals surface area contributed by atoms with E-state index in [2.05, 4.69) is 67.7 Å². The highest BCUT2D eigenvalue weighted by molar-refractivity contribution is 9.13. The molecule has 84 valence electrons. The molecule has 0 amide bonds. The van der Waals surface area contributed by atoms with Crippen molar-refractivity contribution in [1.29, 1.82) is 0 Å². The van der Waals surface area contributed by atoms with Gasteiger partial charge in [-0.05, 0) is 44.0 Å². The van der Waals surface area contributed by atoms with Crippen molar-refractivity contribution in [3.8, 4) is 0 Å². The molecule has 17 heavy (non-hydrogen) atoms. The highest BCUT2D eigenvalue weighted by atomic mass is 79.9. The fraction of sp³-hybridized carbons (Fsp3) is 0. The quantitative estimate of drug-likeness (QED) is 0.597. The lowest BCUT2D eigenvalue weighted by Gasteiger charge is -2.03. The largest absolute Gasteiger partial charge is 0.354 e. The molecule has 0 bridgehead atoms. The lowest BCUT2D eigenvalue weighted by molar-refractivity contribution is 1.51. The van der Waals surface area contributed by atoms with Gasteiger partial charge in [-0.3, -0.25) is 0 Å². The summed E-state index contributed by atoms with van der Waals surface area (Å²) in [7, 11) is 0. The van der Waals surface area contributed by atoms with Gasteiger partial charge in [0.1, 0.15) is 0 Å².